The Labute approximate surface area is 104 Å². The lowest BCUT2D eigenvalue weighted by atomic mass is 9.83. The van der Waals surface area contributed by atoms with Crippen LogP contribution in [0.15, 0.2) is 42.5 Å². The fourth-order valence-corrected chi connectivity index (χ4v) is 2.16. The van der Waals surface area contributed by atoms with Crippen LogP contribution >= 0.6 is 0 Å². The van der Waals surface area contributed by atoms with E-state index in [1.807, 2.05) is 18.2 Å². The first kappa shape index (κ1) is 12.3. The first-order valence-electron chi connectivity index (χ1n) is 5.60. The van der Waals surface area contributed by atoms with Gasteiger partial charge in [-0.25, -0.2) is 4.79 Å². The maximum atomic E-state index is 11.2. The quantitative estimate of drug-likeness (QED) is 0.463. The van der Waals surface area contributed by atoms with E-state index in [0.717, 1.165) is 5.56 Å². The Hall–Kier alpha value is -2.17. The van der Waals surface area contributed by atoms with Crippen molar-refractivity contribution >= 4 is 5.97 Å². The highest BCUT2D eigenvalue weighted by Gasteiger charge is 2.42. The lowest BCUT2D eigenvalue weighted by Crippen LogP contribution is -2.36. The standard InChI is InChI=1S/C13H13NO4/c1-13(8-7-12(15)18-13)11(9-14(16)17)10-5-3-2-4-6-10/h2-8,11H,9H2,1H3/t11-,13-/m1/s1. The highest BCUT2D eigenvalue weighted by molar-refractivity contribution is 5.85. The van der Waals surface area contributed by atoms with Gasteiger partial charge in [-0.15, -0.1) is 0 Å². The van der Waals surface area contributed by atoms with E-state index in [1.54, 1.807) is 25.1 Å². The Morgan fingerprint density at radius 1 is 1.39 bits per heavy atom. The molecule has 1 aliphatic heterocycles. The molecule has 0 fully saturated rings. The van der Waals surface area contributed by atoms with E-state index >= 15 is 0 Å². The molecule has 0 radical (unpaired) electrons. The maximum absolute atomic E-state index is 11.2. The molecule has 0 saturated carbocycles. The molecule has 5 nitrogen and oxygen atoms in total. The van der Waals surface area contributed by atoms with Gasteiger partial charge in [-0.1, -0.05) is 30.3 Å². The van der Waals surface area contributed by atoms with Crippen molar-refractivity contribution in [2.45, 2.75) is 18.4 Å². The maximum Gasteiger partial charge on any atom is 0.331 e. The van der Waals surface area contributed by atoms with E-state index in [2.05, 4.69) is 0 Å². The molecule has 0 aromatic heterocycles. The summed E-state index contributed by atoms with van der Waals surface area (Å²) in [6.45, 7) is 1.41. The van der Waals surface area contributed by atoms with Crippen LogP contribution in [0, 0.1) is 10.1 Å². The van der Waals surface area contributed by atoms with Crippen LogP contribution in [0.25, 0.3) is 0 Å². The van der Waals surface area contributed by atoms with Gasteiger partial charge in [0.15, 0.2) is 0 Å². The number of ether oxygens (including phenoxy) is 1. The second-order valence-corrected chi connectivity index (χ2v) is 4.42. The van der Waals surface area contributed by atoms with Gasteiger partial charge in [0.2, 0.25) is 6.54 Å². The molecule has 1 aromatic carbocycles. The molecule has 5 heteroatoms. The predicted octanol–water partition coefficient (Wildman–Crippen LogP) is 1.92. The number of nitro groups is 1. The second kappa shape index (κ2) is 4.60. The third-order valence-corrected chi connectivity index (χ3v) is 3.10. The first-order valence-corrected chi connectivity index (χ1v) is 5.60. The highest BCUT2D eigenvalue weighted by Crippen LogP contribution is 2.35. The third-order valence-electron chi connectivity index (χ3n) is 3.10. The van der Waals surface area contributed by atoms with Gasteiger partial charge >= 0.3 is 5.97 Å². The van der Waals surface area contributed by atoms with E-state index in [9.17, 15) is 14.9 Å². The van der Waals surface area contributed by atoms with Crippen molar-refractivity contribution in [1.29, 1.82) is 0 Å². The zero-order valence-corrected chi connectivity index (χ0v) is 9.91. The topological polar surface area (TPSA) is 69.4 Å². The molecule has 0 N–H and O–H groups in total. The summed E-state index contributed by atoms with van der Waals surface area (Å²) >= 11 is 0. The monoisotopic (exact) mass is 247 g/mol. The highest BCUT2D eigenvalue weighted by atomic mass is 16.6. The van der Waals surface area contributed by atoms with Crippen molar-refractivity contribution < 1.29 is 14.5 Å². The fraction of sp³-hybridized carbons (Fsp3) is 0.308. The van der Waals surface area contributed by atoms with Gasteiger partial charge in [-0.2, -0.15) is 0 Å². The molecule has 0 bridgehead atoms. The molecule has 2 rings (SSSR count). The van der Waals surface area contributed by atoms with E-state index in [-0.39, 0.29) is 11.5 Å². The number of carbonyl (C=O) groups excluding carboxylic acids is 1. The Morgan fingerprint density at radius 2 is 2.06 bits per heavy atom. The molecular formula is C13H13NO4. The molecule has 94 valence electrons. The van der Waals surface area contributed by atoms with E-state index < -0.39 is 17.5 Å². The fourth-order valence-electron chi connectivity index (χ4n) is 2.16. The van der Waals surface area contributed by atoms with Crippen LogP contribution in [0.3, 0.4) is 0 Å². The van der Waals surface area contributed by atoms with Gasteiger partial charge in [0, 0.05) is 11.0 Å². The molecular weight excluding hydrogens is 234 g/mol. The molecule has 0 spiro atoms. The summed E-state index contributed by atoms with van der Waals surface area (Å²) < 4.78 is 5.21. The predicted molar refractivity (Wildman–Crippen MR) is 64.7 cm³/mol. The van der Waals surface area contributed by atoms with Crippen molar-refractivity contribution in [3.63, 3.8) is 0 Å². The second-order valence-electron chi connectivity index (χ2n) is 4.42. The number of carbonyl (C=O) groups is 1. The largest absolute Gasteiger partial charge is 0.451 e. The Bertz CT molecular complexity index is 497. The lowest BCUT2D eigenvalue weighted by molar-refractivity contribution is -0.486. The molecule has 2 atom stereocenters. The number of rotatable bonds is 4. The van der Waals surface area contributed by atoms with Crippen molar-refractivity contribution in [3.05, 3.63) is 58.2 Å². The van der Waals surface area contributed by atoms with Crippen LogP contribution in [0.4, 0.5) is 0 Å². The summed E-state index contributed by atoms with van der Waals surface area (Å²) in [5.74, 6) is -0.946. The van der Waals surface area contributed by atoms with Gasteiger partial charge in [0.05, 0.1) is 5.92 Å². The smallest absolute Gasteiger partial charge is 0.331 e. The average Bonchev–Trinajstić information content (AvgIpc) is 2.68. The molecule has 0 unspecified atom stereocenters. The summed E-state index contributed by atoms with van der Waals surface area (Å²) in [4.78, 5) is 21.6. The Kier molecular flexibility index (Phi) is 3.14. The zero-order chi connectivity index (χ0) is 13.2. The van der Waals surface area contributed by atoms with Crippen LogP contribution in [-0.2, 0) is 9.53 Å². The van der Waals surface area contributed by atoms with Crippen LogP contribution in [-0.4, -0.2) is 23.0 Å². The van der Waals surface area contributed by atoms with Crippen molar-refractivity contribution in [3.8, 4) is 0 Å². The normalized spacial score (nSPS) is 23.7. The van der Waals surface area contributed by atoms with Crippen molar-refractivity contribution in [2.24, 2.45) is 0 Å². The summed E-state index contributed by atoms with van der Waals surface area (Å²) in [6, 6.07) is 9.07. The van der Waals surface area contributed by atoms with Gasteiger partial charge in [-0.05, 0) is 18.6 Å². The number of benzene rings is 1. The zero-order valence-electron chi connectivity index (χ0n) is 9.91. The summed E-state index contributed by atoms with van der Waals surface area (Å²) in [5, 5.41) is 10.8. The van der Waals surface area contributed by atoms with Crippen molar-refractivity contribution in [1.82, 2.24) is 0 Å². The summed E-state index contributed by atoms with van der Waals surface area (Å²) in [7, 11) is 0. The van der Waals surface area contributed by atoms with Gasteiger partial charge in [-0.3, -0.25) is 10.1 Å². The number of nitrogens with zero attached hydrogens (tertiary/aromatic N) is 1. The van der Waals surface area contributed by atoms with Gasteiger partial charge in [0.1, 0.15) is 5.60 Å². The van der Waals surface area contributed by atoms with Crippen molar-refractivity contribution in [2.75, 3.05) is 6.54 Å². The molecule has 1 aromatic rings. The third kappa shape index (κ3) is 2.40. The van der Waals surface area contributed by atoms with E-state index in [1.165, 1.54) is 6.08 Å². The molecule has 1 heterocycles. The number of esters is 1. The summed E-state index contributed by atoms with van der Waals surface area (Å²) in [5.41, 5.74) is -0.165. The first-order chi connectivity index (χ1) is 8.51. The minimum Gasteiger partial charge on any atom is -0.451 e. The lowest BCUT2D eigenvalue weighted by Gasteiger charge is -2.29. The summed E-state index contributed by atoms with van der Waals surface area (Å²) in [6.07, 6.45) is 2.91. The molecule has 0 amide bonds. The van der Waals surface area contributed by atoms with E-state index in [0.29, 0.717) is 0 Å². The van der Waals surface area contributed by atoms with Crippen LogP contribution < -0.4 is 0 Å². The minimum atomic E-state index is -0.953. The Balaban J connectivity index is 2.35. The van der Waals surface area contributed by atoms with Gasteiger partial charge < -0.3 is 4.74 Å². The number of cyclic esters (lactones) is 1. The Morgan fingerprint density at radius 3 is 2.56 bits per heavy atom. The molecule has 0 saturated heterocycles. The van der Waals surface area contributed by atoms with E-state index in [4.69, 9.17) is 4.74 Å². The van der Waals surface area contributed by atoms with Crippen LogP contribution in [0.2, 0.25) is 0 Å². The average molecular weight is 247 g/mol. The number of hydrogen-bond donors (Lipinski definition) is 0. The SMILES string of the molecule is C[C@]1([C@H](C[N+](=O)[O-])c2ccccc2)C=CC(=O)O1. The van der Waals surface area contributed by atoms with Crippen LogP contribution in [0.1, 0.15) is 18.4 Å². The minimum absolute atomic E-state index is 0.280. The van der Waals surface area contributed by atoms with Crippen LogP contribution in [0.5, 0.6) is 0 Å². The molecule has 0 aliphatic carbocycles. The van der Waals surface area contributed by atoms with Gasteiger partial charge in [0.25, 0.3) is 0 Å². The molecule has 1 aliphatic rings. The molecule has 18 heavy (non-hydrogen) atoms. The number of hydrogen-bond acceptors (Lipinski definition) is 4.